The predicted octanol–water partition coefficient (Wildman–Crippen LogP) is 4.04. The lowest BCUT2D eigenvalue weighted by molar-refractivity contribution is 0.217. The molecule has 2 rings (SSSR count). The van der Waals surface area contributed by atoms with Gasteiger partial charge in [-0.1, -0.05) is 40.5 Å². The zero-order valence-electron chi connectivity index (χ0n) is 11.3. The molecule has 0 radical (unpaired) electrons. The van der Waals surface area contributed by atoms with Crippen molar-refractivity contribution in [2.45, 2.75) is 65.3 Å². The number of hydrogen-bond acceptors (Lipinski definition) is 4. The van der Waals surface area contributed by atoms with Gasteiger partial charge in [0, 0.05) is 23.5 Å². The van der Waals surface area contributed by atoms with E-state index in [2.05, 4.69) is 42.4 Å². The normalized spacial score (nSPS) is 23.9. The lowest BCUT2D eigenvalue weighted by atomic mass is 9.73. The zero-order chi connectivity index (χ0) is 12.5. The molecular formula is C13H23N3S. The Morgan fingerprint density at radius 2 is 2.12 bits per heavy atom. The van der Waals surface area contributed by atoms with E-state index in [4.69, 9.17) is 0 Å². The Bertz CT molecular complexity index is 370. The third-order valence-electron chi connectivity index (χ3n) is 3.76. The second kappa shape index (κ2) is 4.92. The maximum absolute atomic E-state index is 4.57. The van der Waals surface area contributed by atoms with E-state index in [0.29, 0.717) is 17.4 Å². The molecular weight excluding hydrogens is 230 g/mol. The Balaban J connectivity index is 2.04. The van der Waals surface area contributed by atoms with Crippen LogP contribution in [0, 0.1) is 5.41 Å². The summed E-state index contributed by atoms with van der Waals surface area (Å²) in [6, 6.07) is 0.546. The summed E-state index contributed by atoms with van der Waals surface area (Å²) < 4.78 is 4.40. The molecule has 1 aromatic heterocycles. The minimum absolute atomic E-state index is 0.377. The molecule has 1 heterocycles. The first-order valence-corrected chi connectivity index (χ1v) is 7.36. The topological polar surface area (TPSA) is 37.8 Å². The summed E-state index contributed by atoms with van der Waals surface area (Å²) >= 11 is 1.50. The van der Waals surface area contributed by atoms with E-state index in [1.165, 1.54) is 37.2 Å². The summed E-state index contributed by atoms with van der Waals surface area (Å²) in [4.78, 5) is 4.57. The largest absolute Gasteiger partial charge is 0.357 e. The van der Waals surface area contributed by atoms with E-state index in [-0.39, 0.29) is 0 Å². The van der Waals surface area contributed by atoms with E-state index < -0.39 is 0 Å². The highest BCUT2D eigenvalue weighted by molar-refractivity contribution is 7.09. The standard InChI is InChI=1S/C13H23N3S/c1-9(2)11-15-12(17-16-11)14-10-7-5-6-8-13(10,3)4/h9-10H,5-8H2,1-4H3,(H,14,15,16). The van der Waals surface area contributed by atoms with Gasteiger partial charge < -0.3 is 5.32 Å². The molecule has 0 aliphatic heterocycles. The molecule has 0 bridgehead atoms. The Labute approximate surface area is 108 Å². The van der Waals surface area contributed by atoms with Gasteiger partial charge in [0.1, 0.15) is 5.82 Å². The molecule has 1 fully saturated rings. The van der Waals surface area contributed by atoms with Crippen LogP contribution in [-0.4, -0.2) is 15.4 Å². The number of nitrogens with one attached hydrogen (secondary N) is 1. The van der Waals surface area contributed by atoms with Crippen molar-refractivity contribution in [2.24, 2.45) is 5.41 Å². The third-order valence-corrected chi connectivity index (χ3v) is 4.42. The lowest BCUT2D eigenvalue weighted by Crippen LogP contribution is -2.38. The molecule has 0 saturated heterocycles. The molecule has 1 aliphatic carbocycles. The summed E-state index contributed by atoms with van der Waals surface area (Å²) in [6.45, 7) is 8.98. The van der Waals surface area contributed by atoms with Crippen LogP contribution in [0.15, 0.2) is 0 Å². The Morgan fingerprint density at radius 3 is 2.71 bits per heavy atom. The summed E-state index contributed by atoms with van der Waals surface area (Å²) in [7, 11) is 0. The van der Waals surface area contributed by atoms with Crippen molar-refractivity contribution in [3.8, 4) is 0 Å². The van der Waals surface area contributed by atoms with Gasteiger partial charge >= 0.3 is 0 Å². The fourth-order valence-corrected chi connectivity index (χ4v) is 3.20. The molecule has 1 unspecified atom stereocenters. The number of aromatic nitrogens is 2. The molecule has 1 N–H and O–H groups in total. The van der Waals surface area contributed by atoms with Gasteiger partial charge in [0.25, 0.3) is 0 Å². The average Bonchev–Trinajstić information content (AvgIpc) is 2.70. The van der Waals surface area contributed by atoms with Gasteiger partial charge in [0.2, 0.25) is 5.13 Å². The second-order valence-corrected chi connectivity index (χ2v) is 6.80. The van der Waals surface area contributed by atoms with Crippen LogP contribution in [-0.2, 0) is 0 Å². The van der Waals surface area contributed by atoms with E-state index in [1.807, 2.05) is 0 Å². The molecule has 0 amide bonds. The molecule has 0 spiro atoms. The molecule has 4 heteroatoms. The third kappa shape index (κ3) is 2.97. The number of anilines is 1. The molecule has 1 aromatic rings. The van der Waals surface area contributed by atoms with Crippen LogP contribution in [0.3, 0.4) is 0 Å². The van der Waals surface area contributed by atoms with Crippen LogP contribution >= 0.6 is 11.5 Å². The quantitative estimate of drug-likeness (QED) is 0.883. The summed E-state index contributed by atoms with van der Waals surface area (Å²) in [5.41, 5.74) is 0.377. The second-order valence-electron chi connectivity index (χ2n) is 6.04. The lowest BCUT2D eigenvalue weighted by Gasteiger charge is -2.38. The van der Waals surface area contributed by atoms with Crippen molar-refractivity contribution in [1.82, 2.24) is 9.36 Å². The van der Waals surface area contributed by atoms with Crippen LogP contribution in [0.1, 0.15) is 65.1 Å². The van der Waals surface area contributed by atoms with Crippen molar-refractivity contribution in [1.29, 1.82) is 0 Å². The van der Waals surface area contributed by atoms with Crippen LogP contribution in [0.5, 0.6) is 0 Å². The molecule has 1 atom stereocenters. The van der Waals surface area contributed by atoms with Gasteiger partial charge in [0.15, 0.2) is 0 Å². The van der Waals surface area contributed by atoms with Crippen molar-refractivity contribution >= 4 is 16.7 Å². The number of hydrogen-bond donors (Lipinski definition) is 1. The highest BCUT2D eigenvalue weighted by atomic mass is 32.1. The van der Waals surface area contributed by atoms with E-state index in [0.717, 1.165) is 11.0 Å². The van der Waals surface area contributed by atoms with Gasteiger partial charge in [-0.3, -0.25) is 0 Å². The molecule has 96 valence electrons. The summed E-state index contributed by atoms with van der Waals surface area (Å²) in [6.07, 6.45) is 5.25. The maximum atomic E-state index is 4.57. The number of rotatable bonds is 3. The Kier molecular flexibility index (Phi) is 3.71. The van der Waals surface area contributed by atoms with Gasteiger partial charge in [-0.25, -0.2) is 4.98 Å². The van der Waals surface area contributed by atoms with E-state index in [1.54, 1.807) is 0 Å². The first-order valence-electron chi connectivity index (χ1n) is 6.59. The fraction of sp³-hybridized carbons (Fsp3) is 0.846. The molecule has 0 aromatic carbocycles. The average molecular weight is 253 g/mol. The molecule has 17 heavy (non-hydrogen) atoms. The van der Waals surface area contributed by atoms with Crippen molar-refractivity contribution in [3.05, 3.63) is 5.82 Å². The van der Waals surface area contributed by atoms with Crippen molar-refractivity contribution in [3.63, 3.8) is 0 Å². The minimum atomic E-state index is 0.377. The van der Waals surface area contributed by atoms with Crippen LogP contribution in [0.2, 0.25) is 0 Å². The Hall–Kier alpha value is -0.640. The highest BCUT2D eigenvalue weighted by Gasteiger charge is 2.32. The van der Waals surface area contributed by atoms with Crippen LogP contribution < -0.4 is 5.32 Å². The summed E-state index contributed by atoms with van der Waals surface area (Å²) in [5.74, 6) is 1.38. The van der Waals surface area contributed by atoms with Crippen LogP contribution in [0.4, 0.5) is 5.13 Å². The number of nitrogens with zero attached hydrogens (tertiary/aromatic N) is 2. The van der Waals surface area contributed by atoms with Gasteiger partial charge in [-0.15, -0.1) is 0 Å². The van der Waals surface area contributed by atoms with Gasteiger partial charge in [-0.05, 0) is 18.3 Å². The highest BCUT2D eigenvalue weighted by Crippen LogP contribution is 2.37. The predicted molar refractivity (Wildman–Crippen MR) is 73.7 cm³/mol. The van der Waals surface area contributed by atoms with Crippen LogP contribution in [0.25, 0.3) is 0 Å². The molecule has 1 saturated carbocycles. The minimum Gasteiger partial charge on any atom is -0.357 e. The molecule has 1 aliphatic rings. The fourth-order valence-electron chi connectivity index (χ4n) is 2.44. The van der Waals surface area contributed by atoms with Crippen molar-refractivity contribution in [2.75, 3.05) is 5.32 Å². The molecule has 3 nitrogen and oxygen atoms in total. The Morgan fingerprint density at radius 1 is 1.35 bits per heavy atom. The smallest absolute Gasteiger partial charge is 0.202 e. The first kappa shape index (κ1) is 12.8. The summed E-state index contributed by atoms with van der Waals surface area (Å²) in [5, 5.41) is 4.59. The van der Waals surface area contributed by atoms with Crippen molar-refractivity contribution < 1.29 is 0 Å². The van der Waals surface area contributed by atoms with Gasteiger partial charge in [0.05, 0.1) is 0 Å². The van der Waals surface area contributed by atoms with Gasteiger partial charge in [-0.2, -0.15) is 4.37 Å². The maximum Gasteiger partial charge on any atom is 0.202 e. The van der Waals surface area contributed by atoms with E-state index >= 15 is 0 Å². The SMILES string of the molecule is CC(C)c1nsc(NC2CCCCC2(C)C)n1. The zero-order valence-corrected chi connectivity index (χ0v) is 12.1. The first-order chi connectivity index (χ1) is 7.99. The van der Waals surface area contributed by atoms with E-state index in [9.17, 15) is 0 Å². The monoisotopic (exact) mass is 253 g/mol.